The fourth-order valence-electron chi connectivity index (χ4n) is 5.74. The molecule has 2 N–H and O–H groups in total. The van der Waals surface area contributed by atoms with Crippen LogP contribution >= 0.6 is 11.6 Å². The number of fused-ring (bicyclic) bond motifs is 2. The lowest BCUT2D eigenvalue weighted by Crippen LogP contribution is -2.52. The number of nitrogens with zero attached hydrogens (tertiary/aromatic N) is 1. The Hall–Kier alpha value is -2.57. The smallest absolute Gasteiger partial charge is 0.237 e. The third-order valence-electron chi connectivity index (χ3n) is 7.64. The zero-order valence-electron chi connectivity index (χ0n) is 20.0. The van der Waals surface area contributed by atoms with Gasteiger partial charge in [-0.3, -0.25) is 9.59 Å². The number of amides is 2. The fraction of sp³-hybridized carbons (Fsp3) is 0.481. The van der Waals surface area contributed by atoms with Crippen LogP contribution in [0.5, 0.6) is 5.75 Å². The van der Waals surface area contributed by atoms with Crippen molar-refractivity contribution in [2.24, 2.45) is 0 Å². The number of hydrogen-bond acceptors (Lipinski definition) is 4. The van der Waals surface area contributed by atoms with E-state index < -0.39 is 11.5 Å². The molecule has 0 bridgehead atoms. The molecule has 7 heteroatoms. The van der Waals surface area contributed by atoms with Crippen LogP contribution in [-0.4, -0.2) is 41.9 Å². The number of aryl methyl sites for hydroxylation is 1. The van der Waals surface area contributed by atoms with Crippen molar-refractivity contribution in [1.29, 1.82) is 0 Å². The molecule has 0 saturated carbocycles. The highest BCUT2D eigenvalue weighted by Crippen LogP contribution is 2.52. The van der Waals surface area contributed by atoms with Crippen LogP contribution in [0.2, 0.25) is 5.02 Å². The Morgan fingerprint density at radius 3 is 2.62 bits per heavy atom. The van der Waals surface area contributed by atoms with Crippen LogP contribution in [0.25, 0.3) is 0 Å². The van der Waals surface area contributed by atoms with Crippen LogP contribution in [0.4, 0.5) is 5.69 Å². The Balaban J connectivity index is 1.53. The van der Waals surface area contributed by atoms with Gasteiger partial charge in [0, 0.05) is 41.8 Å². The van der Waals surface area contributed by atoms with Crippen LogP contribution in [0.1, 0.15) is 62.3 Å². The van der Waals surface area contributed by atoms with Gasteiger partial charge in [-0.25, -0.2) is 0 Å². The summed E-state index contributed by atoms with van der Waals surface area (Å²) in [4.78, 5) is 28.6. The highest BCUT2D eigenvalue weighted by Gasteiger charge is 2.56. The quantitative estimate of drug-likeness (QED) is 0.661. The Labute approximate surface area is 206 Å². The predicted octanol–water partition coefficient (Wildman–Crippen LogP) is 4.74. The minimum Gasteiger partial charge on any atom is -0.490 e. The van der Waals surface area contributed by atoms with Gasteiger partial charge < -0.3 is 20.3 Å². The summed E-state index contributed by atoms with van der Waals surface area (Å²) in [7, 11) is 0. The molecule has 2 aromatic rings. The lowest BCUT2D eigenvalue weighted by molar-refractivity contribution is -0.130. The lowest BCUT2D eigenvalue weighted by atomic mass is 9.67. The number of benzene rings is 2. The Morgan fingerprint density at radius 2 is 1.88 bits per heavy atom. The zero-order chi connectivity index (χ0) is 24.0. The molecule has 180 valence electrons. The Bertz CT molecular complexity index is 1130. The van der Waals surface area contributed by atoms with Gasteiger partial charge >= 0.3 is 0 Å². The highest BCUT2D eigenvalue weighted by atomic mass is 35.5. The number of hydrogen-bond donors (Lipinski definition) is 2. The van der Waals surface area contributed by atoms with E-state index in [0.29, 0.717) is 23.9 Å². The maximum absolute atomic E-state index is 13.5. The van der Waals surface area contributed by atoms with Crippen molar-refractivity contribution in [1.82, 2.24) is 10.2 Å². The molecule has 0 aliphatic carbocycles. The van der Waals surface area contributed by atoms with Gasteiger partial charge in [-0.15, -0.1) is 0 Å². The first-order chi connectivity index (χ1) is 16.3. The molecule has 1 spiro atoms. The molecule has 3 aliphatic rings. The highest BCUT2D eigenvalue weighted by molar-refractivity contribution is 6.31. The van der Waals surface area contributed by atoms with Gasteiger partial charge in [-0.05, 0) is 63.8 Å². The van der Waals surface area contributed by atoms with Crippen molar-refractivity contribution < 1.29 is 14.3 Å². The van der Waals surface area contributed by atoms with E-state index in [-0.39, 0.29) is 17.9 Å². The maximum Gasteiger partial charge on any atom is 0.237 e. The van der Waals surface area contributed by atoms with E-state index in [1.54, 1.807) is 6.07 Å². The molecule has 0 radical (unpaired) electrons. The average molecular weight is 482 g/mol. The number of piperidine rings is 2. The second-order valence-corrected chi connectivity index (χ2v) is 10.5. The van der Waals surface area contributed by atoms with Crippen molar-refractivity contribution in [3.63, 3.8) is 0 Å². The molecule has 2 amide bonds. The molecule has 2 saturated heterocycles. The van der Waals surface area contributed by atoms with E-state index in [9.17, 15) is 9.59 Å². The summed E-state index contributed by atoms with van der Waals surface area (Å²) >= 11 is 6.21. The standard InChI is InChI=1S/C27H32ClN3O3/c1-16(2)31-12-9-19(10-13-31)34-23-7-4-17(3)14-20(23)25-27(11-8-24(32)30-25)21-6-5-18(28)15-22(21)29-26(27)33/h4-7,14-16,19,25H,8-13H2,1-3H3,(H,29,33)(H,30,32)/t25-,27-/m1/s1. The summed E-state index contributed by atoms with van der Waals surface area (Å²) in [6, 6.07) is 11.6. The van der Waals surface area contributed by atoms with Gasteiger partial charge in [0.25, 0.3) is 0 Å². The van der Waals surface area contributed by atoms with Crippen molar-refractivity contribution in [3.05, 3.63) is 58.1 Å². The van der Waals surface area contributed by atoms with E-state index in [0.717, 1.165) is 54.1 Å². The maximum atomic E-state index is 13.5. The van der Waals surface area contributed by atoms with Crippen molar-refractivity contribution in [2.75, 3.05) is 18.4 Å². The van der Waals surface area contributed by atoms with Gasteiger partial charge in [-0.2, -0.15) is 0 Å². The Morgan fingerprint density at radius 1 is 1.12 bits per heavy atom. The molecule has 5 rings (SSSR count). The summed E-state index contributed by atoms with van der Waals surface area (Å²) in [5, 5.41) is 6.75. The summed E-state index contributed by atoms with van der Waals surface area (Å²) in [6.07, 6.45) is 2.74. The van der Waals surface area contributed by atoms with E-state index >= 15 is 0 Å². The topological polar surface area (TPSA) is 70.7 Å². The molecule has 2 atom stereocenters. The van der Waals surface area contributed by atoms with Gasteiger partial charge in [0.15, 0.2) is 0 Å². The van der Waals surface area contributed by atoms with Crippen LogP contribution in [0.3, 0.4) is 0 Å². The van der Waals surface area contributed by atoms with Crippen LogP contribution in [-0.2, 0) is 15.0 Å². The molecule has 34 heavy (non-hydrogen) atoms. The predicted molar refractivity (Wildman–Crippen MR) is 133 cm³/mol. The first-order valence-corrected chi connectivity index (χ1v) is 12.6. The first kappa shape index (κ1) is 23.2. The van der Waals surface area contributed by atoms with Gasteiger partial charge in [0.1, 0.15) is 17.3 Å². The number of carbonyl (C=O) groups is 2. The van der Waals surface area contributed by atoms with Crippen LogP contribution < -0.4 is 15.4 Å². The second-order valence-electron chi connectivity index (χ2n) is 10.1. The van der Waals surface area contributed by atoms with Crippen molar-refractivity contribution in [3.8, 4) is 5.75 Å². The number of halogens is 1. The molecule has 3 aliphatic heterocycles. The number of ether oxygens (including phenoxy) is 1. The third-order valence-corrected chi connectivity index (χ3v) is 7.87. The number of rotatable bonds is 4. The zero-order valence-corrected chi connectivity index (χ0v) is 20.7. The molecule has 0 unspecified atom stereocenters. The molecular weight excluding hydrogens is 450 g/mol. The van der Waals surface area contributed by atoms with Crippen LogP contribution in [0.15, 0.2) is 36.4 Å². The third kappa shape index (κ3) is 3.97. The minimum atomic E-state index is -0.902. The molecule has 2 aromatic carbocycles. The van der Waals surface area contributed by atoms with Gasteiger partial charge in [0.05, 0.1) is 6.04 Å². The largest absolute Gasteiger partial charge is 0.490 e. The number of likely N-dealkylation sites (tertiary alicyclic amines) is 1. The SMILES string of the molecule is Cc1ccc(OC2CCN(C(C)C)CC2)c([C@H]2NC(=O)CC[C@]23C(=O)Nc2cc(Cl)ccc23)c1. The van der Waals surface area contributed by atoms with Gasteiger partial charge in [0.2, 0.25) is 11.8 Å². The monoisotopic (exact) mass is 481 g/mol. The number of nitrogens with one attached hydrogen (secondary N) is 2. The Kier molecular flexibility index (Phi) is 6.07. The van der Waals surface area contributed by atoms with E-state index in [1.165, 1.54) is 0 Å². The summed E-state index contributed by atoms with van der Waals surface area (Å²) in [5.41, 5.74) is 2.61. The minimum absolute atomic E-state index is 0.0523. The lowest BCUT2D eigenvalue weighted by Gasteiger charge is -2.41. The molecule has 6 nitrogen and oxygen atoms in total. The second kappa shape index (κ2) is 8.90. The molecule has 0 aromatic heterocycles. The summed E-state index contributed by atoms with van der Waals surface area (Å²) < 4.78 is 6.57. The van der Waals surface area contributed by atoms with Crippen molar-refractivity contribution >= 4 is 29.1 Å². The fourth-order valence-corrected chi connectivity index (χ4v) is 5.92. The first-order valence-electron chi connectivity index (χ1n) is 12.2. The van der Waals surface area contributed by atoms with E-state index in [1.807, 2.05) is 31.2 Å². The van der Waals surface area contributed by atoms with Crippen molar-refractivity contribution in [2.45, 2.75) is 70.1 Å². The van der Waals surface area contributed by atoms with Crippen LogP contribution in [0, 0.1) is 6.92 Å². The van der Waals surface area contributed by atoms with E-state index in [2.05, 4.69) is 35.4 Å². The number of anilines is 1. The number of carbonyl (C=O) groups excluding carboxylic acids is 2. The summed E-state index contributed by atoms with van der Waals surface area (Å²) in [5.74, 6) is 0.589. The average Bonchev–Trinajstić information content (AvgIpc) is 3.07. The molecule has 3 heterocycles. The molecule has 2 fully saturated rings. The normalized spacial score (nSPS) is 25.4. The molecular formula is C27H32ClN3O3. The van der Waals surface area contributed by atoms with E-state index in [4.69, 9.17) is 16.3 Å². The van der Waals surface area contributed by atoms with Gasteiger partial charge in [-0.1, -0.05) is 35.4 Å². The summed E-state index contributed by atoms with van der Waals surface area (Å²) in [6.45, 7) is 8.48.